The number of thiophene rings is 1. The number of nitrogens with zero attached hydrogens (tertiary/aromatic N) is 4. The lowest BCUT2D eigenvalue weighted by Crippen LogP contribution is -2.50. The Balaban J connectivity index is 1.38. The van der Waals surface area contributed by atoms with E-state index in [4.69, 9.17) is 0 Å². The van der Waals surface area contributed by atoms with Crippen LogP contribution in [0.2, 0.25) is 0 Å². The molecular formula is C19H20N4OS2. The normalized spacial score (nSPS) is 16.0. The highest BCUT2D eigenvalue weighted by atomic mass is 32.2. The smallest absolute Gasteiger partial charge is 0.235 e. The first-order valence-corrected chi connectivity index (χ1v) is 10.4. The van der Waals surface area contributed by atoms with Gasteiger partial charge in [-0.25, -0.2) is 9.97 Å². The number of piperazine rings is 1. The molecule has 1 amide bonds. The fraction of sp³-hybridized carbons (Fsp3) is 0.316. The minimum Gasteiger partial charge on any atom is -0.368 e. The molecule has 2 aromatic heterocycles. The average molecular weight is 385 g/mol. The Morgan fingerprint density at radius 2 is 1.88 bits per heavy atom. The summed E-state index contributed by atoms with van der Waals surface area (Å²) in [5.41, 5.74) is 1.22. The van der Waals surface area contributed by atoms with Crippen LogP contribution in [-0.4, -0.2) is 52.2 Å². The van der Waals surface area contributed by atoms with Gasteiger partial charge in [-0.05, 0) is 30.5 Å². The standard InChI is InChI=1S/C19H20N4OS2/c1-14(26-18-16-7-12-25-17(16)20-13-21-18)19(24)23-10-8-22(9-11-23)15-5-3-2-4-6-15/h2-7,12-14H,8-11H2,1H3/t14-/m1/s1. The third-order valence-corrected chi connectivity index (χ3v) is 6.50. The summed E-state index contributed by atoms with van der Waals surface area (Å²) < 4.78 is 0. The van der Waals surface area contributed by atoms with Crippen LogP contribution in [0.4, 0.5) is 5.69 Å². The molecule has 1 saturated heterocycles. The molecule has 26 heavy (non-hydrogen) atoms. The maximum absolute atomic E-state index is 12.9. The second-order valence-electron chi connectivity index (χ2n) is 6.23. The quantitative estimate of drug-likeness (QED) is 0.509. The van der Waals surface area contributed by atoms with E-state index < -0.39 is 0 Å². The fourth-order valence-corrected chi connectivity index (χ4v) is 4.94. The van der Waals surface area contributed by atoms with Crippen LogP contribution >= 0.6 is 23.1 Å². The highest BCUT2D eigenvalue weighted by molar-refractivity contribution is 8.00. The van der Waals surface area contributed by atoms with Crippen molar-refractivity contribution in [2.45, 2.75) is 17.2 Å². The van der Waals surface area contributed by atoms with Gasteiger partial charge in [0.15, 0.2) is 0 Å². The number of hydrogen-bond donors (Lipinski definition) is 0. The molecule has 1 atom stereocenters. The molecule has 0 spiro atoms. The molecule has 0 aliphatic carbocycles. The summed E-state index contributed by atoms with van der Waals surface area (Å²) in [6.07, 6.45) is 1.58. The Bertz CT molecular complexity index is 891. The first-order valence-electron chi connectivity index (χ1n) is 8.66. The van der Waals surface area contributed by atoms with Gasteiger partial charge < -0.3 is 9.80 Å². The van der Waals surface area contributed by atoms with Gasteiger partial charge in [0.05, 0.1) is 5.25 Å². The number of aromatic nitrogens is 2. The maximum Gasteiger partial charge on any atom is 0.235 e. The molecule has 5 nitrogen and oxygen atoms in total. The molecule has 3 aromatic rings. The van der Waals surface area contributed by atoms with Crippen LogP contribution in [-0.2, 0) is 4.79 Å². The molecule has 1 aliphatic rings. The number of rotatable bonds is 4. The summed E-state index contributed by atoms with van der Waals surface area (Å²) in [5.74, 6) is 0.185. The monoisotopic (exact) mass is 384 g/mol. The molecule has 4 rings (SSSR count). The molecule has 7 heteroatoms. The zero-order valence-corrected chi connectivity index (χ0v) is 16.2. The van der Waals surface area contributed by atoms with E-state index in [1.54, 1.807) is 17.7 Å². The number of thioether (sulfide) groups is 1. The van der Waals surface area contributed by atoms with Crippen LogP contribution < -0.4 is 4.90 Å². The van der Waals surface area contributed by atoms with Gasteiger partial charge in [-0.1, -0.05) is 30.0 Å². The zero-order valence-electron chi connectivity index (χ0n) is 14.5. The summed E-state index contributed by atoms with van der Waals surface area (Å²) >= 11 is 3.13. The average Bonchev–Trinajstić information content (AvgIpc) is 3.18. The largest absolute Gasteiger partial charge is 0.368 e. The molecule has 0 saturated carbocycles. The third-order valence-electron chi connectivity index (χ3n) is 4.57. The van der Waals surface area contributed by atoms with Crippen molar-refractivity contribution in [3.05, 3.63) is 48.1 Å². The number of anilines is 1. The molecule has 0 radical (unpaired) electrons. The number of benzene rings is 1. The van der Waals surface area contributed by atoms with E-state index in [0.717, 1.165) is 41.4 Å². The highest BCUT2D eigenvalue weighted by Gasteiger charge is 2.26. The van der Waals surface area contributed by atoms with Crippen LogP contribution in [0, 0.1) is 0 Å². The van der Waals surface area contributed by atoms with Gasteiger partial charge in [0.1, 0.15) is 16.2 Å². The lowest BCUT2D eigenvalue weighted by Gasteiger charge is -2.37. The number of carbonyl (C=O) groups is 1. The summed E-state index contributed by atoms with van der Waals surface area (Å²) in [6, 6.07) is 12.4. The van der Waals surface area contributed by atoms with Gasteiger partial charge in [0.2, 0.25) is 5.91 Å². The molecule has 1 aliphatic heterocycles. The first-order chi connectivity index (χ1) is 12.7. The fourth-order valence-electron chi connectivity index (χ4n) is 3.16. The second-order valence-corrected chi connectivity index (χ2v) is 8.45. The Morgan fingerprint density at radius 3 is 2.65 bits per heavy atom. The van der Waals surface area contributed by atoms with Crippen molar-refractivity contribution in [2.24, 2.45) is 0 Å². The zero-order chi connectivity index (χ0) is 17.9. The molecular weight excluding hydrogens is 364 g/mol. The number of fused-ring (bicyclic) bond motifs is 1. The van der Waals surface area contributed by atoms with Gasteiger partial charge in [-0.2, -0.15) is 0 Å². The van der Waals surface area contributed by atoms with Crippen molar-refractivity contribution in [3.8, 4) is 0 Å². The van der Waals surface area contributed by atoms with Crippen molar-refractivity contribution in [3.63, 3.8) is 0 Å². The van der Waals surface area contributed by atoms with Crippen molar-refractivity contribution in [1.82, 2.24) is 14.9 Å². The predicted octanol–water partition coefficient (Wildman–Crippen LogP) is 3.52. The van der Waals surface area contributed by atoms with Crippen LogP contribution in [0.3, 0.4) is 0 Å². The van der Waals surface area contributed by atoms with E-state index >= 15 is 0 Å². The van der Waals surface area contributed by atoms with E-state index in [-0.39, 0.29) is 11.2 Å². The van der Waals surface area contributed by atoms with Crippen molar-refractivity contribution >= 4 is 44.9 Å². The SMILES string of the molecule is C[C@@H](Sc1ncnc2sccc12)C(=O)N1CCN(c2ccccc2)CC1. The summed E-state index contributed by atoms with van der Waals surface area (Å²) in [4.78, 5) is 26.8. The van der Waals surface area contributed by atoms with Gasteiger partial charge in [-0.15, -0.1) is 11.3 Å². The molecule has 134 valence electrons. The highest BCUT2D eigenvalue weighted by Crippen LogP contribution is 2.31. The second kappa shape index (κ2) is 7.63. The van der Waals surface area contributed by atoms with Gasteiger partial charge >= 0.3 is 0 Å². The number of para-hydroxylation sites is 1. The van der Waals surface area contributed by atoms with E-state index in [2.05, 4.69) is 39.1 Å². The molecule has 0 N–H and O–H groups in total. The lowest BCUT2D eigenvalue weighted by molar-refractivity contribution is -0.130. The van der Waals surface area contributed by atoms with Crippen molar-refractivity contribution in [1.29, 1.82) is 0 Å². The minimum atomic E-state index is -0.156. The van der Waals surface area contributed by atoms with E-state index in [0.29, 0.717) is 0 Å². The number of hydrogen-bond acceptors (Lipinski definition) is 6. The molecule has 0 bridgehead atoms. The van der Waals surface area contributed by atoms with Crippen LogP contribution in [0.25, 0.3) is 10.2 Å². The third kappa shape index (κ3) is 3.54. The molecule has 1 aromatic carbocycles. The molecule has 0 unspecified atom stereocenters. The van der Waals surface area contributed by atoms with Gasteiger partial charge in [0.25, 0.3) is 0 Å². The van der Waals surface area contributed by atoms with Gasteiger partial charge in [0, 0.05) is 37.3 Å². The molecule has 3 heterocycles. The Kier molecular flexibility index (Phi) is 5.08. The number of amides is 1. The van der Waals surface area contributed by atoms with Crippen molar-refractivity contribution in [2.75, 3.05) is 31.1 Å². The van der Waals surface area contributed by atoms with E-state index in [1.165, 1.54) is 17.4 Å². The minimum absolute atomic E-state index is 0.156. The van der Waals surface area contributed by atoms with Crippen LogP contribution in [0.5, 0.6) is 0 Å². The summed E-state index contributed by atoms with van der Waals surface area (Å²) in [6.45, 7) is 5.23. The van der Waals surface area contributed by atoms with Crippen LogP contribution in [0.15, 0.2) is 53.1 Å². The van der Waals surface area contributed by atoms with E-state index in [1.807, 2.05) is 29.3 Å². The molecule has 1 fully saturated rings. The Morgan fingerprint density at radius 1 is 1.12 bits per heavy atom. The topological polar surface area (TPSA) is 49.3 Å². The summed E-state index contributed by atoms with van der Waals surface area (Å²) in [5, 5.41) is 3.78. The van der Waals surface area contributed by atoms with Crippen LogP contribution in [0.1, 0.15) is 6.92 Å². The van der Waals surface area contributed by atoms with E-state index in [9.17, 15) is 4.79 Å². The summed E-state index contributed by atoms with van der Waals surface area (Å²) in [7, 11) is 0. The Labute approximate surface area is 161 Å². The maximum atomic E-state index is 12.9. The lowest BCUT2D eigenvalue weighted by atomic mass is 10.2. The number of carbonyl (C=O) groups excluding carboxylic acids is 1. The van der Waals surface area contributed by atoms with Gasteiger partial charge in [-0.3, -0.25) is 4.79 Å². The predicted molar refractivity (Wildman–Crippen MR) is 108 cm³/mol. The Hall–Kier alpha value is -2.12. The van der Waals surface area contributed by atoms with Crippen molar-refractivity contribution < 1.29 is 4.79 Å². The first kappa shape index (κ1) is 17.3.